The molecule has 0 aliphatic carbocycles. The fourth-order valence-corrected chi connectivity index (χ4v) is 2.21. The standard InChI is InChI=1S/C19H23NO5/c1-22-16-7-9-17(10-8-16)24-14-12-20-19(21)25-13-11-15-5-3-4-6-18(15)23-2/h3-10H,11-14H2,1-2H3,(H,20,21). The normalized spacial score (nSPS) is 10.0. The predicted octanol–water partition coefficient (Wildman–Crippen LogP) is 3.05. The smallest absolute Gasteiger partial charge is 0.407 e. The molecule has 0 unspecified atom stereocenters. The Bertz CT molecular complexity index is 657. The van der Waals surface area contributed by atoms with E-state index in [0.29, 0.717) is 25.3 Å². The largest absolute Gasteiger partial charge is 0.497 e. The molecule has 134 valence electrons. The lowest BCUT2D eigenvalue weighted by molar-refractivity contribution is 0.145. The van der Waals surface area contributed by atoms with Crippen LogP contribution in [0.25, 0.3) is 0 Å². The summed E-state index contributed by atoms with van der Waals surface area (Å²) in [5.41, 5.74) is 1.00. The van der Waals surface area contributed by atoms with Gasteiger partial charge in [0.05, 0.1) is 27.4 Å². The Kier molecular flexibility index (Phi) is 7.43. The Balaban J connectivity index is 1.60. The van der Waals surface area contributed by atoms with E-state index in [0.717, 1.165) is 17.1 Å². The quantitative estimate of drug-likeness (QED) is 0.708. The van der Waals surface area contributed by atoms with Crippen molar-refractivity contribution >= 4 is 6.09 Å². The lowest BCUT2D eigenvalue weighted by Gasteiger charge is -2.10. The fourth-order valence-electron chi connectivity index (χ4n) is 2.21. The summed E-state index contributed by atoms with van der Waals surface area (Å²) in [6.07, 6.45) is 0.132. The SMILES string of the molecule is COc1ccc(OCCNC(=O)OCCc2ccccc2OC)cc1. The molecule has 0 fully saturated rings. The van der Waals surface area contributed by atoms with Crippen molar-refractivity contribution in [2.45, 2.75) is 6.42 Å². The average molecular weight is 345 g/mol. The summed E-state index contributed by atoms with van der Waals surface area (Å²) < 4.78 is 21.0. The number of benzene rings is 2. The first kappa shape index (κ1) is 18.4. The first-order valence-electron chi connectivity index (χ1n) is 8.02. The number of alkyl carbamates (subject to hydrolysis) is 1. The van der Waals surface area contributed by atoms with Crippen molar-refractivity contribution in [1.29, 1.82) is 0 Å². The maximum atomic E-state index is 11.6. The van der Waals surface area contributed by atoms with Crippen LogP contribution in [0, 0.1) is 0 Å². The van der Waals surface area contributed by atoms with Crippen LogP contribution >= 0.6 is 0 Å². The second kappa shape index (κ2) is 10.1. The topological polar surface area (TPSA) is 66.0 Å². The van der Waals surface area contributed by atoms with Crippen LogP contribution in [0.4, 0.5) is 4.79 Å². The van der Waals surface area contributed by atoms with Gasteiger partial charge >= 0.3 is 6.09 Å². The number of nitrogens with one attached hydrogen (secondary N) is 1. The van der Waals surface area contributed by atoms with Crippen LogP contribution in [0.5, 0.6) is 17.2 Å². The van der Waals surface area contributed by atoms with E-state index in [-0.39, 0.29) is 6.61 Å². The van der Waals surface area contributed by atoms with Gasteiger partial charge in [0.2, 0.25) is 0 Å². The van der Waals surface area contributed by atoms with E-state index >= 15 is 0 Å². The van der Waals surface area contributed by atoms with E-state index in [2.05, 4.69) is 5.32 Å². The summed E-state index contributed by atoms with van der Waals surface area (Å²) in [4.78, 5) is 11.6. The Morgan fingerprint density at radius 2 is 1.64 bits per heavy atom. The van der Waals surface area contributed by atoms with Gasteiger partial charge in [-0.05, 0) is 35.9 Å². The summed E-state index contributed by atoms with van der Waals surface area (Å²) >= 11 is 0. The van der Waals surface area contributed by atoms with E-state index in [9.17, 15) is 4.79 Å². The number of hydrogen-bond acceptors (Lipinski definition) is 5. The highest BCUT2D eigenvalue weighted by molar-refractivity contribution is 5.67. The number of para-hydroxylation sites is 1. The molecular formula is C19H23NO5. The Morgan fingerprint density at radius 1 is 0.920 bits per heavy atom. The van der Waals surface area contributed by atoms with Crippen molar-refractivity contribution in [3.63, 3.8) is 0 Å². The molecule has 2 aromatic carbocycles. The molecule has 0 aliphatic heterocycles. The van der Waals surface area contributed by atoms with E-state index < -0.39 is 6.09 Å². The van der Waals surface area contributed by atoms with E-state index in [1.807, 2.05) is 48.5 Å². The van der Waals surface area contributed by atoms with Crippen LogP contribution in [0.1, 0.15) is 5.56 Å². The van der Waals surface area contributed by atoms with Crippen LogP contribution in [-0.2, 0) is 11.2 Å². The van der Waals surface area contributed by atoms with Gasteiger partial charge in [-0.25, -0.2) is 4.79 Å². The second-order valence-corrected chi connectivity index (χ2v) is 5.15. The van der Waals surface area contributed by atoms with Crippen LogP contribution in [0.15, 0.2) is 48.5 Å². The Morgan fingerprint density at radius 3 is 2.36 bits per heavy atom. The van der Waals surface area contributed by atoms with Gasteiger partial charge in [0, 0.05) is 6.42 Å². The number of amides is 1. The molecular weight excluding hydrogens is 322 g/mol. The zero-order chi connectivity index (χ0) is 17.9. The van der Waals surface area contributed by atoms with E-state index in [1.54, 1.807) is 14.2 Å². The van der Waals surface area contributed by atoms with Crippen LogP contribution in [-0.4, -0.2) is 40.1 Å². The molecule has 0 saturated heterocycles. The number of rotatable bonds is 9. The Labute approximate surface area is 147 Å². The van der Waals surface area contributed by atoms with Crippen molar-refractivity contribution in [2.24, 2.45) is 0 Å². The van der Waals surface area contributed by atoms with Gasteiger partial charge in [-0.2, -0.15) is 0 Å². The summed E-state index contributed by atoms with van der Waals surface area (Å²) in [5, 5.41) is 2.65. The van der Waals surface area contributed by atoms with Crippen LogP contribution in [0.2, 0.25) is 0 Å². The van der Waals surface area contributed by atoms with Gasteiger partial charge < -0.3 is 24.3 Å². The van der Waals surface area contributed by atoms with Gasteiger partial charge in [0.15, 0.2) is 0 Å². The lowest BCUT2D eigenvalue weighted by Crippen LogP contribution is -2.29. The highest BCUT2D eigenvalue weighted by atomic mass is 16.5. The molecule has 0 spiro atoms. The number of carbonyl (C=O) groups excluding carboxylic acids is 1. The monoisotopic (exact) mass is 345 g/mol. The third-order valence-electron chi connectivity index (χ3n) is 3.50. The first-order valence-corrected chi connectivity index (χ1v) is 8.02. The van der Waals surface area contributed by atoms with Crippen LogP contribution < -0.4 is 19.5 Å². The minimum absolute atomic E-state index is 0.283. The summed E-state index contributed by atoms with van der Waals surface area (Å²) in [5.74, 6) is 2.27. The van der Waals surface area contributed by atoms with Crippen LogP contribution in [0.3, 0.4) is 0 Å². The van der Waals surface area contributed by atoms with Crippen molar-refractivity contribution < 1.29 is 23.7 Å². The summed E-state index contributed by atoms with van der Waals surface area (Å²) in [6, 6.07) is 14.9. The van der Waals surface area contributed by atoms with Crippen molar-refractivity contribution in [2.75, 3.05) is 34.0 Å². The van der Waals surface area contributed by atoms with Gasteiger partial charge in [0.1, 0.15) is 23.9 Å². The van der Waals surface area contributed by atoms with Gasteiger partial charge in [0.25, 0.3) is 0 Å². The van der Waals surface area contributed by atoms with E-state index in [1.165, 1.54) is 0 Å². The molecule has 1 amide bonds. The molecule has 6 nitrogen and oxygen atoms in total. The molecule has 6 heteroatoms. The zero-order valence-corrected chi connectivity index (χ0v) is 14.5. The first-order chi connectivity index (χ1) is 12.2. The summed E-state index contributed by atoms with van der Waals surface area (Å²) in [6.45, 7) is 0.999. The minimum atomic E-state index is -0.465. The second-order valence-electron chi connectivity index (χ2n) is 5.15. The van der Waals surface area contributed by atoms with Crippen molar-refractivity contribution in [1.82, 2.24) is 5.32 Å². The Hall–Kier alpha value is -2.89. The number of ether oxygens (including phenoxy) is 4. The van der Waals surface area contributed by atoms with Gasteiger partial charge in [-0.15, -0.1) is 0 Å². The fraction of sp³-hybridized carbons (Fsp3) is 0.316. The molecule has 2 rings (SSSR count). The summed E-state index contributed by atoms with van der Waals surface area (Å²) in [7, 11) is 3.23. The van der Waals surface area contributed by atoms with Crippen molar-refractivity contribution in [3.8, 4) is 17.2 Å². The average Bonchev–Trinajstić information content (AvgIpc) is 2.66. The number of carbonyl (C=O) groups is 1. The number of methoxy groups -OCH3 is 2. The molecule has 2 aromatic rings. The molecule has 0 aliphatic rings. The molecule has 0 atom stereocenters. The predicted molar refractivity (Wildman–Crippen MR) is 94.5 cm³/mol. The lowest BCUT2D eigenvalue weighted by atomic mass is 10.1. The van der Waals surface area contributed by atoms with E-state index in [4.69, 9.17) is 18.9 Å². The highest BCUT2D eigenvalue weighted by Crippen LogP contribution is 2.18. The third-order valence-corrected chi connectivity index (χ3v) is 3.50. The molecule has 0 heterocycles. The number of hydrogen-bond donors (Lipinski definition) is 1. The molecule has 0 aromatic heterocycles. The molecule has 0 radical (unpaired) electrons. The molecule has 1 N–H and O–H groups in total. The zero-order valence-electron chi connectivity index (χ0n) is 14.5. The minimum Gasteiger partial charge on any atom is -0.497 e. The third kappa shape index (κ3) is 6.25. The highest BCUT2D eigenvalue weighted by Gasteiger charge is 2.05. The molecule has 25 heavy (non-hydrogen) atoms. The maximum absolute atomic E-state index is 11.6. The van der Waals surface area contributed by atoms with Crippen molar-refractivity contribution in [3.05, 3.63) is 54.1 Å². The van der Waals surface area contributed by atoms with Gasteiger partial charge in [-0.1, -0.05) is 18.2 Å². The maximum Gasteiger partial charge on any atom is 0.407 e. The molecule has 0 saturated carbocycles. The molecule has 0 bridgehead atoms. The van der Waals surface area contributed by atoms with Gasteiger partial charge in [-0.3, -0.25) is 0 Å².